The molecule has 1 rings (SSSR count). The topological polar surface area (TPSA) is 67.2 Å². The summed E-state index contributed by atoms with van der Waals surface area (Å²) in [6.07, 6.45) is 0. The minimum atomic E-state index is -0.340. The number of hydrogen-bond donors (Lipinski definition) is 2. The third-order valence-corrected chi connectivity index (χ3v) is 2.84. The van der Waals surface area contributed by atoms with Gasteiger partial charge in [0, 0.05) is 35.9 Å². The summed E-state index contributed by atoms with van der Waals surface area (Å²) >= 11 is 0. The van der Waals surface area contributed by atoms with Gasteiger partial charge in [-0.2, -0.15) is 0 Å². The Morgan fingerprint density at radius 2 is 1.79 bits per heavy atom. The fraction of sp³-hybridized carbons (Fsp3) is 0.571. The third kappa shape index (κ3) is 4.87. The molecule has 0 amide bonds. The first kappa shape index (κ1) is 15.4. The zero-order chi connectivity index (χ0) is 14.6. The minimum absolute atomic E-state index is 0.0794. The van der Waals surface area contributed by atoms with E-state index in [4.69, 9.17) is 0 Å². The highest BCUT2D eigenvalue weighted by Gasteiger charge is 2.13. The highest BCUT2D eigenvalue weighted by molar-refractivity contribution is 5.60. The third-order valence-electron chi connectivity index (χ3n) is 2.84. The fourth-order valence-electron chi connectivity index (χ4n) is 1.86. The molecule has 1 aromatic carbocycles. The van der Waals surface area contributed by atoms with Gasteiger partial charge in [-0.05, 0) is 46.2 Å². The lowest BCUT2D eigenvalue weighted by Crippen LogP contribution is -2.38. The van der Waals surface area contributed by atoms with Crippen molar-refractivity contribution in [1.82, 2.24) is 5.32 Å². The van der Waals surface area contributed by atoms with Crippen LogP contribution >= 0.6 is 0 Å². The van der Waals surface area contributed by atoms with Gasteiger partial charge in [-0.25, -0.2) is 0 Å². The van der Waals surface area contributed by atoms with E-state index in [0.717, 1.165) is 24.3 Å². The number of nitrogens with zero attached hydrogens (tertiary/aromatic N) is 1. The van der Waals surface area contributed by atoms with E-state index in [1.54, 1.807) is 13.0 Å². The summed E-state index contributed by atoms with van der Waals surface area (Å²) in [4.78, 5) is 10.6. The summed E-state index contributed by atoms with van der Waals surface area (Å²) in [5.41, 5.74) is 2.79. The van der Waals surface area contributed by atoms with Crippen LogP contribution in [0.5, 0.6) is 0 Å². The van der Waals surface area contributed by atoms with E-state index in [1.807, 2.05) is 13.0 Å². The predicted octanol–water partition coefficient (Wildman–Crippen LogP) is 3.01. The molecule has 0 aliphatic carbocycles. The Morgan fingerprint density at radius 1 is 1.16 bits per heavy atom. The van der Waals surface area contributed by atoms with Crippen LogP contribution in [0.3, 0.4) is 0 Å². The molecule has 0 unspecified atom stereocenters. The lowest BCUT2D eigenvalue weighted by atomic mass is 10.1. The maximum Gasteiger partial charge on any atom is 0.274 e. The maximum absolute atomic E-state index is 10.9. The van der Waals surface area contributed by atoms with E-state index in [-0.39, 0.29) is 16.1 Å². The Kier molecular flexibility index (Phi) is 4.89. The number of anilines is 1. The number of rotatable bonds is 5. The van der Waals surface area contributed by atoms with Crippen molar-refractivity contribution < 1.29 is 4.92 Å². The lowest BCUT2D eigenvalue weighted by Gasteiger charge is -2.21. The van der Waals surface area contributed by atoms with Gasteiger partial charge in [0.05, 0.1) is 4.92 Å². The number of nitrogens with one attached hydrogen (secondary N) is 2. The molecule has 0 aliphatic rings. The average molecular weight is 265 g/mol. The Labute approximate surface area is 114 Å². The largest absolute Gasteiger partial charge is 0.383 e. The van der Waals surface area contributed by atoms with Crippen LogP contribution in [0, 0.1) is 24.0 Å². The molecule has 1 aromatic rings. The molecule has 0 atom stereocenters. The summed E-state index contributed by atoms with van der Waals surface area (Å²) in [7, 11) is 0. The molecule has 5 heteroatoms. The number of nitro benzene ring substituents is 1. The summed E-state index contributed by atoms with van der Waals surface area (Å²) in [6.45, 7) is 11.6. The fourth-order valence-corrected chi connectivity index (χ4v) is 1.86. The first-order chi connectivity index (χ1) is 8.70. The average Bonchev–Trinajstić information content (AvgIpc) is 2.24. The number of hydrogen-bond acceptors (Lipinski definition) is 4. The van der Waals surface area contributed by atoms with Crippen LogP contribution in [0.25, 0.3) is 0 Å². The quantitative estimate of drug-likeness (QED) is 0.488. The van der Waals surface area contributed by atoms with Crippen molar-refractivity contribution in [3.63, 3.8) is 0 Å². The van der Waals surface area contributed by atoms with E-state index < -0.39 is 0 Å². The zero-order valence-corrected chi connectivity index (χ0v) is 12.3. The van der Waals surface area contributed by atoms with Crippen LogP contribution < -0.4 is 10.6 Å². The second-order valence-electron chi connectivity index (χ2n) is 5.81. The molecular weight excluding hydrogens is 242 g/mol. The molecule has 0 radical (unpaired) electrons. The van der Waals surface area contributed by atoms with Crippen LogP contribution in [-0.2, 0) is 0 Å². The molecule has 0 spiro atoms. The molecular formula is C14H23N3O2. The first-order valence-corrected chi connectivity index (χ1v) is 6.45. The zero-order valence-electron chi connectivity index (χ0n) is 12.3. The Balaban J connectivity index is 2.68. The van der Waals surface area contributed by atoms with Crippen molar-refractivity contribution in [2.75, 3.05) is 18.4 Å². The van der Waals surface area contributed by atoms with Crippen LogP contribution in [0.1, 0.15) is 31.9 Å². The molecule has 0 saturated carbocycles. The second kappa shape index (κ2) is 6.02. The van der Waals surface area contributed by atoms with E-state index in [9.17, 15) is 10.1 Å². The Hall–Kier alpha value is -1.62. The molecule has 0 fully saturated rings. The Bertz CT molecular complexity index is 464. The summed E-state index contributed by atoms with van der Waals surface area (Å²) < 4.78 is 0. The van der Waals surface area contributed by atoms with Gasteiger partial charge in [-0.1, -0.05) is 0 Å². The highest BCUT2D eigenvalue weighted by atomic mass is 16.6. The molecule has 0 bridgehead atoms. The summed E-state index contributed by atoms with van der Waals surface area (Å²) in [5.74, 6) is 0. The number of nitro groups is 1. The van der Waals surface area contributed by atoms with Gasteiger partial charge < -0.3 is 10.6 Å². The normalized spacial score (nSPS) is 11.4. The van der Waals surface area contributed by atoms with Gasteiger partial charge in [0.2, 0.25) is 0 Å². The standard InChI is InChI=1S/C14H23N3O2/c1-10-8-11(2)13(17(18)19)9-12(10)15-6-7-16-14(3,4)5/h8-9,15-16H,6-7H2,1-5H3. The van der Waals surface area contributed by atoms with E-state index in [1.165, 1.54) is 0 Å². The van der Waals surface area contributed by atoms with Gasteiger partial charge in [-0.15, -0.1) is 0 Å². The van der Waals surface area contributed by atoms with Crippen molar-refractivity contribution in [2.24, 2.45) is 0 Å². The summed E-state index contributed by atoms with van der Waals surface area (Å²) in [6, 6.07) is 3.46. The van der Waals surface area contributed by atoms with E-state index in [0.29, 0.717) is 5.56 Å². The smallest absolute Gasteiger partial charge is 0.274 e. The van der Waals surface area contributed by atoms with Crippen molar-refractivity contribution in [1.29, 1.82) is 0 Å². The van der Waals surface area contributed by atoms with E-state index >= 15 is 0 Å². The molecule has 0 aromatic heterocycles. The molecule has 106 valence electrons. The van der Waals surface area contributed by atoms with Crippen molar-refractivity contribution in [3.05, 3.63) is 33.4 Å². The van der Waals surface area contributed by atoms with Gasteiger partial charge in [0.15, 0.2) is 0 Å². The molecule has 2 N–H and O–H groups in total. The van der Waals surface area contributed by atoms with Crippen LogP contribution in [-0.4, -0.2) is 23.6 Å². The predicted molar refractivity (Wildman–Crippen MR) is 78.8 cm³/mol. The maximum atomic E-state index is 10.9. The molecule has 0 saturated heterocycles. The first-order valence-electron chi connectivity index (χ1n) is 6.45. The van der Waals surface area contributed by atoms with E-state index in [2.05, 4.69) is 31.4 Å². The molecule has 19 heavy (non-hydrogen) atoms. The number of aryl methyl sites for hydroxylation is 2. The van der Waals surface area contributed by atoms with Crippen LogP contribution in [0.15, 0.2) is 12.1 Å². The SMILES string of the molecule is Cc1cc(C)c([N+](=O)[O-])cc1NCCNC(C)(C)C. The van der Waals surface area contributed by atoms with Crippen molar-refractivity contribution >= 4 is 11.4 Å². The monoisotopic (exact) mass is 265 g/mol. The summed E-state index contributed by atoms with van der Waals surface area (Å²) in [5, 5.41) is 17.5. The highest BCUT2D eigenvalue weighted by Crippen LogP contribution is 2.25. The van der Waals surface area contributed by atoms with Crippen LogP contribution in [0.2, 0.25) is 0 Å². The minimum Gasteiger partial charge on any atom is -0.383 e. The number of benzene rings is 1. The van der Waals surface area contributed by atoms with Crippen molar-refractivity contribution in [3.8, 4) is 0 Å². The Morgan fingerprint density at radius 3 is 2.32 bits per heavy atom. The second-order valence-corrected chi connectivity index (χ2v) is 5.81. The lowest BCUT2D eigenvalue weighted by molar-refractivity contribution is -0.385. The van der Waals surface area contributed by atoms with Crippen LogP contribution in [0.4, 0.5) is 11.4 Å². The molecule has 0 heterocycles. The molecule has 5 nitrogen and oxygen atoms in total. The van der Waals surface area contributed by atoms with Gasteiger partial charge in [0.1, 0.15) is 0 Å². The van der Waals surface area contributed by atoms with Gasteiger partial charge >= 0.3 is 0 Å². The van der Waals surface area contributed by atoms with Crippen molar-refractivity contribution in [2.45, 2.75) is 40.2 Å². The van der Waals surface area contributed by atoms with Gasteiger partial charge in [0.25, 0.3) is 5.69 Å². The molecule has 0 aliphatic heterocycles. The van der Waals surface area contributed by atoms with Gasteiger partial charge in [-0.3, -0.25) is 10.1 Å².